The Kier molecular flexibility index (Phi) is 4.18. The summed E-state index contributed by atoms with van der Waals surface area (Å²) in [6.07, 6.45) is 1.10. The van der Waals surface area contributed by atoms with Gasteiger partial charge in [0.05, 0.1) is 0 Å². The number of hydrogen-bond donors (Lipinski definition) is 1. The van der Waals surface area contributed by atoms with Crippen molar-refractivity contribution in [1.82, 2.24) is 5.32 Å². The van der Waals surface area contributed by atoms with Crippen molar-refractivity contribution in [2.75, 3.05) is 25.4 Å². The van der Waals surface area contributed by atoms with Crippen molar-refractivity contribution >= 4 is 11.8 Å². The van der Waals surface area contributed by atoms with Gasteiger partial charge in [-0.3, -0.25) is 0 Å². The highest BCUT2D eigenvalue weighted by Crippen LogP contribution is 2.21. The van der Waals surface area contributed by atoms with Crippen LogP contribution in [-0.2, 0) is 4.74 Å². The predicted molar refractivity (Wildman–Crippen MR) is 44.8 cm³/mol. The molecule has 0 aromatic rings. The zero-order valence-electron chi connectivity index (χ0n) is 6.35. The molecule has 2 nitrogen and oxygen atoms in total. The van der Waals surface area contributed by atoms with E-state index in [9.17, 15) is 0 Å². The third-order valence-corrected chi connectivity index (χ3v) is 2.27. The van der Waals surface area contributed by atoms with E-state index >= 15 is 0 Å². The molecule has 59 valence electrons. The summed E-state index contributed by atoms with van der Waals surface area (Å²) in [7, 11) is 0. The van der Waals surface area contributed by atoms with E-state index in [1.54, 1.807) is 0 Å². The zero-order chi connectivity index (χ0) is 7.23. The lowest BCUT2D eigenvalue weighted by Crippen LogP contribution is -2.29. The number of nitrogens with one attached hydrogen (secondary N) is 1. The normalized spacial score (nSPS) is 21.3. The Balaban J connectivity index is 2.02. The van der Waals surface area contributed by atoms with Crippen LogP contribution in [0.2, 0.25) is 0 Å². The van der Waals surface area contributed by atoms with Crippen LogP contribution in [0.1, 0.15) is 13.3 Å². The van der Waals surface area contributed by atoms with Crippen molar-refractivity contribution in [2.24, 2.45) is 0 Å². The molecular formula is C7H14NOS. The molecule has 0 bridgehead atoms. The van der Waals surface area contributed by atoms with Gasteiger partial charge in [0.2, 0.25) is 0 Å². The molecule has 0 atom stereocenters. The molecule has 1 aliphatic rings. The summed E-state index contributed by atoms with van der Waals surface area (Å²) in [5.74, 6) is 1.15. The van der Waals surface area contributed by atoms with E-state index in [0.29, 0.717) is 0 Å². The second-order valence-corrected chi connectivity index (χ2v) is 3.40. The van der Waals surface area contributed by atoms with E-state index in [1.807, 2.05) is 11.8 Å². The Morgan fingerprint density at radius 2 is 2.60 bits per heavy atom. The lowest BCUT2D eigenvalue weighted by Gasteiger charge is -2.20. The van der Waals surface area contributed by atoms with Crippen LogP contribution < -0.4 is 5.32 Å². The van der Waals surface area contributed by atoms with Crippen molar-refractivity contribution in [1.29, 1.82) is 0 Å². The SMILES string of the molecule is CCCO[C]1CNCCS1. The summed E-state index contributed by atoms with van der Waals surface area (Å²) in [6, 6.07) is 0. The fourth-order valence-corrected chi connectivity index (χ4v) is 1.63. The molecule has 0 aromatic carbocycles. The van der Waals surface area contributed by atoms with Crippen LogP contribution in [0.5, 0.6) is 0 Å². The molecule has 1 heterocycles. The number of hydrogen-bond acceptors (Lipinski definition) is 3. The van der Waals surface area contributed by atoms with E-state index in [-0.39, 0.29) is 0 Å². The first kappa shape index (κ1) is 8.37. The van der Waals surface area contributed by atoms with Gasteiger partial charge in [0, 0.05) is 25.4 Å². The molecular weight excluding hydrogens is 146 g/mol. The van der Waals surface area contributed by atoms with Crippen LogP contribution in [0, 0.1) is 5.44 Å². The lowest BCUT2D eigenvalue weighted by molar-refractivity contribution is 0.178. The maximum Gasteiger partial charge on any atom is 0.165 e. The molecule has 1 rings (SSSR count). The van der Waals surface area contributed by atoms with Crippen LogP contribution in [0.15, 0.2) is 0 Å². The fourth-order valence-electron chi connectivity index (χ4n) is 0.787. The van der Waals surface area contributed by atoms with Gasteiger partial charge < -0.3 is 10.1 Å². The average molecular weight is 160 g/mol. The molecule has 1 aliphatic heterocycles. The van der Waals surface area contributed by atoms with Gasteiger partial charge in [0.15, 0.2) is 5.44 Å². The lowest BCUT2D eigenvalue weighted by atomic mass is 10.5. The highest BCUT2D eigenvalue weighted by atomic mass is 32.2. The number of ether oxygens (including phenoxy) is 1. The van der Waals surface area contributed by atoms with Crippen molar-refractivity contribution in [3.63, 3.8) is 0 Å². The van der Waals surface area contributed by atoms with Crippen molar-refractivity contribution < 1.29 is 4.74 Å². The van der Waals surface area contributed by atoms with Crippen LogP contribution >= 0.6 is 11.8 Å². The maximum atomic E-state index is 5.45. The van der Waals surface area contributed by atoms with Gasteiger partial charge in [-0.05, 0) is 6.42 Å². The molecule has 0 spiro atoms. The maximum absolute atomic E-state index is 5.45. The van der Waals surface area contributed by atoms with Crippen molar-refractivity contribution in [2.45, 2.75) is 13.3 Å². The van der Waals surface area contributed by atoms with E-state index in [0.717, 1.165) is 37.3 Å². The summed E-state index contributed by atoms with van der Waals surface area (Å²) in [5.41, 5.74) is 1.16. The molecule has 3 heteroatoms. The standard InChI is InChI=1S/C7H14NOS/c1-2-4-9-7-6-8-3-5-10-7/h8H,2-6H2,1H3. The number of rotatable bonds is 3. The average Bonchev–Trinajstić information content (AvgIpc) is 2.03. The largest absolute Gasteiger partial charge is 0.359 e. The topological polar surface area (TPSA) is 21.3 Å². The van der Waals surface area contributed by atoms with Gasteiger partial charge in [-0.25, -0.2) is 0 Å². The van der Waals surface area contributed by atoms with Gasteiger partial charge >= 0.3 is 0 Å². The Bertz CT molecular complexity index is 83.7. The third-order valence-electron chi connectivity index (χ3n) is 1.28. The minimum absolute atomic E-state index is 0.865. The molecule has 1 fully saturated rings. The third kappa shape index (κ3) is 2.90. The Labute approximate surface area is 66.7 Å². The van der Waals surface area contributed by atoms with Gasteiger partial charge in [0.25, 0.3) is 0 Å². The van der Waals surface area contributed by atoms with E-state index in [1.165, 1.54) is 0 Å². The fraction of sp³-hybridized carbons (Fsp3) is 0.857. The minimum Gasteiger partial charge on any atom is -0.359 e. The summed E-state index contributed by atoms with van der Waals surface area (Å²) in [4.78, 5) is 0. The Morgan fingerprint density at radius 1 is 1.70 bits per heavy atom. The highest BCUT2D eigenvalue weighted by molar-refractivity contribution is 8.02. The van der Waals surface area contributed by atoms with Gasteiger partial charge in [0.1, 0.15) is 0 Å². The monoisotopic (exact) mass is 160 g/mol. The number of thioether (sulfide) groups is 1. The summed E-state index contributed by atoms with van der Waals surface area (Å²) in [5, 5.41) is 3.26. The van der Waals surface area contributed by atoms with E-state index in [4.69, 9.17) is 4.74 Å². The Morgan fingerprint density at radius 3 is 3.20 bits per heavy atom. The van der Waals surface area contributed by atoms with Crippen molar-refractivity contribution in [3.05, 3.63) is 5.44 Å². The first-order chi connectivity index (χ1) is 4.93. The predicted octanol–water partition coefficient (Wildman–Crippen LogP) is 1.24. The summed E-state index contributed by atoms with van der Waals surface area (Å²) in [6.45, 7) is 5.04. The summed E-state index contributed by atoms with van der Waals surface area (Å²) < 4.78 is 5.45. The Hall–Kier alpha value is 0.270. The smallest absolute Gasteiger partial charge is 0.165 e. The van der Waals surface area contributed by atoms with E-state index < -0.39 is 0 Å². The van der Waals surface area contributed by atoms with Crippen molar-refractivity contribution in [3.8, 4) is 0 Å². The van der Waals surface area contributed by atoms with Crippen LogP contribution in [0.3, 0.4) is 0 Å². The van der Waals surface area contributed by atoms with Gasteiger partial charge in [-0.1, -0.05) is 6.92 Å². The zero-order valence-corrected chi connectivity index (χ0v) is 7.17. The molecule has 0 unspecified atom stereocenters. The highest BCUT2D eigenvalue weighted by Gasteiger charge is 2.13. The molecule has 0 aromatic heterocycles. The van der Waals surface area contributed by atoms with Crippen LogP contribution in [0.4, 0.5) is 0 Å². The molecule has 1 radical (unpaired) electrons. The molecule has 0 aliphatic carbocycles. The quantitative estimate of drug-likeness (QED) is 0.671. The summed E-state index contributed by atoms with van der Waals surface area (Å²) >= 11 is 1.84. The van der Waals surface area contributed by atoms with E-state index in [2.05, 4.69) is 12.2 Å². The molecule has 10 heavy (non-hydrogen) atoms. The second-order valence-electron chi connectivity index (χ2n) is 2.25. The minimum atomic E-state index is 0.865. The first-order valence-electron chi connectivity index (χ1n) is 3.75. The molecule has 0 amide bonds. The van der Waals surface area contributed by atoms with Gasteiger partial charge in [-0.2, -0.15) is 0 Å². The second kappa shape index (κ2) is 4.99. The van der Waals surface area contributed by atoms with Crippen LogP contribution in [0.25, 0.3) is 0 Å². The molecule has 1 saturated heterocycles. The van der Waals surface area contributed by atoms with Crippen LogP contribution in [-0.4, -0.2) is 25.4 Å². The first-order valence-corrected chi connectivity index (χ1v) is 4.74. The molecule has 0 saturated carbocycles. The molecule has 1 N–H and O–H groups in total. The van der Waals surface area contributed by atoms with Gasteiger partial charge in [-0.15, -0.1) is 11.8 Å².